The number of fused-ring (bicyclic) bond motifs is 3. The van der Waals surface area contributed by atoms with E-state index in [0.29, 0.717) is 31.4 Å². The molecule has 3 fully saturated rings. The Morgan fingerprint density at radius 1 is 1.13 bits per heavy atom. The lowest BCUT2D eigenvalue weighted by molar-refractivity contribution is -0.205. The molecule has 12 heteroatoms. The number of likely N-dealkylation sites (tertiary alicyclic amines) is 1. The van der Waals surface area contributed by atoms with Gasteiger partial charge < -0.3 is 41.0 Å². The predicted octanol–water partition coefficient (Wildman–Crippen LogP) is 0.509. The molecule has 216 valence electrons. The van der Waals surface area contributed by atoms with Crippen LogP contribution in [0.1, 0.15) is 46.0 Å². The van der Waals surface area contributed by atoms with Crippen LogP contribution in [0.5, 0.6) is 0 Å². The van der Waals surface area contributed by atoms with Gasteiger partial charge in [-0.3, -0.25) is 9.69 Å². The summed E-state index contributed by atoms with van der Waals surface area (Å²) in [5, 5.41) is 44.7. The minimum atomic E-state index is -1.47. The van der Waals surface area contributed by atoms with Crippen molar-refractivity contribution in [2.45, 2.75) is 99.2 Å². The standard InChI is InChI=1S/C26H43N3O8S/c1-13(2)9-14-7-8-36-22-15(10-14)12-29(26(34)35)18(22)24(33)28-17-6-4-3-5-16(11-27)38-25-21(32)19(30)20(31)23(17)37-25/h3-4,13-23,25,30-32H,5-12,27H2,1-2H3,(H,28,33)(H,34,35)/t14-,15-,16+,17+,18-,19-,20+,21+,22+,23+,25+/m0/s1. The van der Waals surface area contributed by atoms with E-state index < -0.39 is 60.0 Å². The van der Waals surface area contributed by atoms with E-state index >= 15 is 0 Å². The highest BCUT2D eigenvalue weighted by Crippen LogP contribution is 2.38. The Kier molecular flexibility index (Phi) is 9.99. The molecule has 4 rings (SSSR count). The number of thioether (sulfide) groups is 1. The van der Waals surface area contributed by atoms with Crippen molar-refractivity contribution in [2.24, 2.45) is 23.5 Å². The smallest absolute Gasteiger partial charge is 0.408 e. The first-order chi connectivity index (χ1) is 18.1. The molecular formula is C26H43N3O8S. The average Bonchev–Trinajstić information content (AvgIpc) is 3.12. The maximum Gasteiger partial charge on any atom is 0.408 e. The summed E-state index contributed by atoms with van der Waals surface area (Å²) in [5.41, 5.74) is 5.02. The second-order valence-electron chi connectivity index (χ2n) is 11.5. The van der Waals surface area contributed by atoms with Crippen molar-refractivity contribution >= 4 is 23.8 Å². The number of hydrogen-bond donors (Lipinski definition) is 6. The molecule has 0 aromatic rings. The molecule has 7 N–H and O–H groups in total. The van der Waals surface area contributed by atoms with Gasteiger partial charge in [0.05, 0.1) is 12.1 Å². The average molecular weight is 558 g/mol. The number of aliphatic hydroxyl groups is 3. The summed E-state index contributed by atoms with van der Waals surface area (Å²) in [5.74, 6) is 0.334. The van der Waals surface area contributed by atoms with Gasteiger partial charge in [-0.25, -0.2) is 4.79 Å². The molecule has 4 aliphatic heterocycles. The largest absolute Gasteiger partial charge is 0.465 e. The quantitative estimate of drug-likeness (QED) is 0.261. The number of nitrogens with zero attached hydrogens (tertiary/aromatic N) is 1. The normalized spacial score (nSPS) is 41.9. The second-order valence-corrected chi connectivity index (χ2v) is 12.9. The van der Waals surface area contributed by atoms with Crippen molar-refractivity contribution in [3.63, 3.8) is 0 Å². The third kappa shape index (κ3) is 6.48. The van der Waals surface area contributed by atoms with E-state index in [1.807, 2.05) is 12.2 Å². The molecule has 2 amide bonds. The van der Waals surface area contributed by atoms with Crippen molar-refractivity contribution in [1.82, 2.24) is 10.2 Å². The zero-order valence-corrected chi connectivity index (χ0v) is 22.9. The Morgan fingerprint density at radius 2 is 1.87 bits per heavy atom. The molecule has 0 saturated carbocycles. The molecule has 0 spiro atoms. The lowest BCUT2D eigenvalue weighted by Gasteiger charge is -2.44. The Hall–Kier alpha value is -1.41. The number of ether oxygens (including phenoxy) is 2. The number of carbonyl (C=O) groups excluding carboxylic acids is 1. The van der Waals surface area contributed by atoms with Gasteiger partial charge in [0, 0.05) is 30.9 Å². The summed E-state index contributed by atoms with van der Waals surface area (Å²) in [6.07, 6.45) is 0.430. The van der Waals surface area contributed by atoms with E-state index in [0.717, 1.165) is 19.3 Å². The molecule has 3 saturated heterocycles. The van der Waals surface area contributed by atoms with Crippen molar-refractivity contribution in [1.29, 1.82) is 0 Å². The number of allylic oxidation sites excluding steroid dienone is 1. The zero-order valence-electron chi connectivity index (χ0n) is 22.1. The monoisotopic (exact) mass is 557 g/mol. The van der Waals surface area contributed by atoms with Crippen LogP contribution < -0.4 is 11.1 Å². The van der Waals surface area contributed by atoms with E-state index in [2.05, 4.69) is 19.2 Å². The minimum Gasteiger partial charge on any atom is -0.465 e. The summed E-state index contributed by atoms with van der Waals surface area (Å²) in [6, 6.07) is -1.79. The van der Waals surface area contributed by atoms with Crippen LogP contribution in [-0.2, 0) is 14.3 Å². The summed E-state index contributed by atoms with van der Waals surface area (Å²) >= 11 is 1.29. The van der Waals surface area contributed by atoms with Gasteiger partial charge in [0.25, 0.3) is 0 Å². The number of aliphatic hydroxyl groups excluding tert-OH is 3. The van der Waals surface area contributed by atoms with Gasteiger partial charge in [-0.2, -0.15) is 0 Å². The molecule has 0 unspecified atom stereocenters. The lowest BCUT2D eigenvalue weighted by Crippen LogP contribution is -2.64. The minimum absolute atomic E-state index is 0.0495. The van der Waals surface area contributed by atoms with Crippen molar-refractivity contribution in [2.75, 3.05) is 19.7 Å². The number of amides is 2. The molecule has 0 aromatic heterocycles. The van der Waals surface area contributed by atoms with E-state index in [-0.39, 0.29) is 24.1 Å². The summed E-state index contributed by atoms with van der Waals surface area (Å²) in [6.45, 7) is 5.38. The molecule has 2 bridgehead atoms. The first-order valence-electron chi connectivity index (χ1n) is 13.7. The van der Waals surface area contributed by atoms with E-state index in [1.54, 1.807) is 0 Å². The van der Waals surface area contributed by atoms with Crippen LogP contribution in [0.25, 0.3) is 0 Å². The Bertz CT molecular complexity index is 862. The van der Waals surface area contributed by atoms with Gasteiger partial charge in [0.1, 0.15) is 35.9 Å². The van der Waals surface area contributed by atoms with Gasteiger partial charge in [0.15, 0.2) is 0 Å². The topological polar surface area (TPSA) is 175 Å². The Morgan fingerprint density at radius 3 is 2.55 bits per heavy atom. The van der Waals surface area contributed by atoms with Crippen molar-refractivity contribution in [3.8, 4) is 0 Å². The molecule has 4 heterocycles. The van der Waals surface area contributed by atoms with Gasteiger partial charge >= 0.3 is 6.09 Å². The molecular weight excluding hydrogens is 514 g/mol. The third-order valence-electron chi connectivity index (χ3n) is 8.21. The number of carbonyl (C=O) groups is 2. The van der Waals surface area contributed by atoms with Gasteiger partial charge in [0.2, 0.25) is 5.91 Å². The molecule has 4 aliphatic rings. The fourth-order valence-electron chi connectivity index (χ4n) is 6.38. The number of nitrogens with one attached hydrogen (secondary N) is 1. The first kappa shape index (κ1) is 29.6. The highest BCUT2D eigenvalue weighted by Gasteiger charge is 2.52. The fraction of sp³-hybridized carbons (Fsp3) is 0.846. The number of carboxylic acid groups (broad SMARTS) is 1. The lowest BCUT2D eigenvalue weighted by atomic mass is 9.85. The molecule has 11 nitrogen and oxygen atoms in total. The number of nitrogens with two attached hydrogens (primary N) is 1. The van der Waals surface area contributed by atoms with Crippen molar-refractivity contribution < 1.29 is 39.5 Å². The maximum absolute atomic E-state index is 13.7. The summed E-state index contributed by atoms with van der Waals surface area (Å²) < 4.78 is 12.2. The highest BCUT2D eigenvalue weighted by molar-refractivity contribution is 8.00. The Labute approximate surface area is 228 Å². The summed E-state index contributed by atoms with van der Waals surface area (Å²) in [4.78, 5) is 27.1. The van der Waals surface area contributed by atoms with Gasteiger partial charge in [-0.1, -0.05) is 26.0 Å². The summed E-state index contributed by atoms with van der Waals surface area (Å²) in [7, 11) is 0. The van der Waals surface area contributed by atoms with Crippen LogP contribution >= 0.6 is 11.8 Å². The van der Waals surface area contributed by atoms with Gasteiger partial charge in [-0.05, 0) is 43.9 Å². The maximum atomic E-state index is 13.7. The van der Waals surface area contributed by atoms with E-state index in [9.17, 15) is 30.0 Å². The van der Waals surface area contributed by atoms with Gasteiger partial charge in [-0.15, -0.1) is 11.8 Å². The molecule has 38 heavy (non-hydrogen) atoms. The van der Waals surface area contributed by atoms with Crippen molar-refractivity contribution in [3.05, 3.63) is 12.2 Å². The zero-order chi connectivity index (χ0) is 27.6. The number of hydrogen-bond acceptors (Lipinski definition) is 9. The predicted molar refractivity (Wildman–Crippen MR) is 141 cm³/mol. The number of rotatable bonds is 5. The van der Waals surface area contributed by atoms with Crippen LogP contribution in [0.2, 0.25) is 0 Å². The van der Waals surface area contributed by atoms with Crippen LogP contribution in [0.15, 0.2) is 12.2 Å². The Balaban J connectivity index is 1.55. The highest BCUT2D eigenvalue weighted by atomic mass is 32.2. The molecule has 0 radical (unpaired) electrons. The molecule has 11 atom stereocenters. The molecule has 0 aromatic carbocycles. The van der Waals surface area contributed by atoms with Crippen LogP contribution in [0.4, 0.5) is 4.79 Å². The van der Waals surface area contributed by atoms with Crippen LogP contribution in [-0.4, -0.2) is 110 Å². The van der Waals surface area contributed by atoms with Crippen LogP contribution in [0, 0.1) is 17.8 Å². The van der Waals surface area contributed by atoms with Crippen LogP contribution in [0.3, 0.4) is 0 Å². The fourth-order valence-corrected chi connectivity index (χ4v) is 7.60. The third-order valence-corrected chi connectivity index (χ3v) is 9.64. The first-order valence-corrected chi connectivity index (χ1v) is 14.7. The van der Waals surface area contributed by atoms with E-state index in [1.165, 1.54) is 16.7 Å². The second kappa shape index (κ2) is 12.8. The van der Waals surface area contributed by atoms with E-state index in [4.69, 9.17) is 15.2 Å². The SMILES string of the molecule is CC(C)C[C@@H]1CCO[C@@H]2[C@@H](C1)CN(C(=O)O)[C@@H]2C(=O)N[C@@H]1CC=CC[C@H](CN)S[C@H]2O[C@H]1[C@H](O)[C@H](O)[C@H]2O. The molecule has 0 aliphatic carbocycles.